The molecular weight excluding hydrogens is 320 g/mol. The fraction of sp³-hybridized carbons (Fsp3) is 0.545. The third-order valence-corrected chi connectivity index (χ3v) is 5.64. The molecule has 4 rings (SSSR count). The van der Waals surface area contributed by atoms with Crippen molar-refractivity contribution in [2.24, 2.45) is 5.92 Å². The molecule has 2 aromatic rings. The Morgan fingerprint density at radius 2 is 1.58 bits per heavy atom. The molecule has 0 amide bonds. The number of aromatic nitrogens is 2. The van der Waals surface area contributed by atoms with Crippen molar-refractivity contribution in [3.63, 3.8) is 0 Å². The Balaban J connectivity index is 1.71. The minimum atomic E-state index is 0.737. The Morgan fingerprint density at radius 3 is 2.31 bits per heavy atom. The zero-order valence-electron chi connectivity index (χ0n) is 15.9. The van der Waals surface area contributed by atoms with E-state index in [1.165, 1.54) is 44.1 Å². The molecule has 2 aliphatic heterocycles. The van der Waals surface area contributed by atoms with Gasteiger partial charge in [-0.05, 0) is 31.6 Å². The summed E-state index contributed by atoms with van der Waals surface area (Å²) >= 11 is 0. The van der Waals surface area contributed by atoms with E-state index in [-0.39, 0.29) is 0 Å². The van der Waals surface area contributed by atoms with Gasteiger partial charge in [0, 0.05) is 37.8 Å². The van der Waals surface area contributed by atoms with Gasteiger partial charge in [0.1, 0.15) is 5.82 Å². The summed E-state index contributed by atoms with van der Waals surface area (Å²) in [6, 6.07) is 12.7. The first-order valence-electron chi connectivity index (χ1n) is 10.2. The normalized spacial score (nSPS) is 21.5. The monoisotopic (exact) mass is 350 g/mol. The summed E-state index contributed by atoms with van der Waals surface area (Å²) in [5.41, 5.74) is 2.23. The molecule has 4 nitrogen and oxygen atoms in total. The predicted molar refractivity (Wildman–Crippen MR) is 109 cm³/mol. The second kappa shape index (κ2) is 8.07. The lowest BCUT2D eigenvalue weighted by atomic mass is 10.0. The number of piperidine rings is 1. The molecule has 1 atom stereocenters. The van der Waals surface area contributed by atoms with E-state index in [1.807, 2.05) is 0 Å². The molecule has 2 saturated heterocycles. The van der Waals surface area contributed by atoms with Gasteiger partial charge in [0.05, 0.1) is 5.69 Å². The fourth-order valence-electron chi connectivity index (χ4n) is 4.15. The zero-order chi connectivity index (χ0) is 17.8. The van der Waals surface area contributed by atoms with Crippen molar-refractivity contribution in [3.8, 4) is 11.3 Å². The molecule has 1 unspecified atom stereocenters. The van der Waals surface area contributed by atoms with E-state index in [4.69, 9.17) is 9.97 Å². The van der Waals surface area contributed by atoms with E-state index in [2.05, 4.69) is 53.1 Å². The van der Waals surface area contributed by atoms with Gasteiger partial charge in [-0.3, -0.25) is 0 Å². The van der Waals surface area contributed by atoms with Crippen LogP contribution in [-0.2, 0) is 0 Å². The highest BCUT2D eigenvalue weighted by atomic mass is 15.3. The second-order valence-electron chi connectivity index (χ2n) is 7.87. The number of rotatable bonds is 3. The van der Waals surface area contributed by atoms with Crippen LogP contribution in [0.5, 0.6) is 0 Å². The highest BCUT2D eigenvalue weighted by Crippen LogP contribution is 2.28. The van der Waals surface area contributed by atoms with Gasteiger partial charge in [-0.1, -0.05) is 50.1 Å². The predicted octanol–water partition coefficient (Wildman–Crippen LogP) is 4.76. The Bertz CT molecular complexity index is 687. The Kier molecular flexibility index (Phi) is 5.37. The molecule has 0 radical (unpaired) electrons. The Labute approximate surface area is 157 Å². The van der Waals surface area contributed by atoms with Gasteiger partial charge >= 0.3 is 0 Å². The van der Waals surface area contributed by atoms with E-state index in [9.17, 15) is 0 Å². The quantitative estimate of drug-likeness (QED) is 0.799. The minimum absolute atomic E-state index is 0.737. The lowest BCUT2D eigenvalue weighted by molar-refractivity contribution is 0.444. The summed E-state index contributed by atoms with van der Waals surface area (Å²) in [6.07, 6.45) is 7.72. The summed E-state index contributed by atoms with van der Waals surface area (Å²) in [5.74, 6) is 2.76. The molecule has 0 bridgehead atoms. The van der Waals surface area contributed by atoms with Crippen LogP contribution >= 0.6 is 0 Å². The van der Waals surface area contributed by atoms with Gasteiger partial charge in [-0.15, -0.1) is 0 Å². The number of hydrogen-bond donors (Lipinski definition) is 0. The fourth-order valence-corrected chi connectivity index (χ4v) is 4.15. The first-order chi connectivity index (χ1) is 12.8. The first kappa shape index (κ1) is 17.3. The van der Waals surface area contributed by atoms with Crippen LogP contribution < -0.4 is 9.80 Å². The lowest BCUT2D eigenvalue weighted by Gasteiger charge is -2.33. The lowest BCUT2D eigenvalue weighted by Crippen LogP contribution is -2.35. The standard InChI is InChI=1S/C22H30N4/c1-18-10-9-15-26(17-18)21-16-20(19-11-5-4-6-12-19)23-22(24-21)25-13-7-2-3-8-14-25/h4-6,11-12,16,18H,2-3,7-10,13-15,17H2,1H3. The zero-order valence-corrected chi connectivity index (χ0v) is 15.9. The molecule has 3 heterocycles. The van der Waals surface area contributed by atoms with Gasteiger partial charge in [0.2, 0.25) is 5.95 Å². The van der Waals surface area contributed by atoms with Crippen LogP contribution in [0.15, 0.2) is 36.4 Å². The van der Waals surface area contributed by atoms with Crippen LogP contribution in [0.4, 0.5) is 11.8 Å². The van der Waals surface area contributed by atoms with Crippen LogP contribution in [0.25, 0.3) is 11.3 Å². The second-order valence-corrected chi connectivity index (χ2v) is 7.87. The SMILES string of the molecule is CC1CCCN(c2cc(-c3ccccc3)nc(N3CCCCCC3)n2)C1. The topological polar surface area (TPSA) is 32.3 Å². The van der Waals surface area contributed by atoms with E-state index in [1.54, 1.807) is 0 Å². The van der Waals surface area contributed by atoms with Gasteiger partial charge in [0.15, 0.2) is 0 Å². The molecule has 2 aliphatic rings. The van der Waals surface area contributed by atoms with Crippen molar-refractivity contribution in [3.05, 3.63) is 36.4 Å². The van der Waals surface area contributed by atoms with Crippen molar-refractivity contribution in [1.29, 1.82) is 0 Å². The van der Waals surface area contributed by atoms with Gasteiger partial charge in [-0.25, -0.2) is 4.98 Å². The molecule has 1 aromatic carbocycles. The average molecular weight is 351 g/mol. The highest BCUT2D eigenvalue weighted by molar-refractivity contribution is 5.65. The molecular formula is C22H30N4. The average Bonchev–Trinajstić information content (AvgIpc) is 2.98. The summed E-state index contributed by atoms with van der Waals surface area (Å²) < 4.78 is 0. The number of benzene rings is 1. The summed E-state index contributed by atoms with van der Waals surface area (Å²) in [5, 5.41) is 0. The number of hydrogen-bond acceptors (Lipinski definition) is 4. The highest BCUT2D eigenvalue weighted by Gasteiger charge is 2.21. The van der Waals surface area contributed by atoms with Crippen molar-refractivity contribution >= 4 is 11.8 Å². The van der Waals surface area contributed by atoms with Gasteiger partial charge in [-0.2, -0.15) is 4.98 Å². The first-order valence-corrected chi connectivity index (χ1v) is 10.2. The van der Waals surface area contributed by atoms with Crippen LogP contribution in [0, 0.1) is 5.92 Å². The molecule has 0 saturated carbocycles. The minimum Gasteiger partial charge on any atom is -0.356 e. The van der Waals surface area contributed by atoms with Crippen molar-refractivity contribution in [2.45, 2.75) is 45.4 Å². The van der Waals surface area contributed by atoms with Crippen LogP contribution in [0.1, 0.15) is 45.4 Å². The van der Waals surface area contributed by atoms with Gasteiger partial charge in [0.25, 0.3) is 0 Å². The maximum Gasteiger partial charge on any atom is 0.227 e. The van der Waals surface area contributed by atoms with E-state index in [0.717, 1.165) is 49.6 Å². The largest absolute Gasteiger partial charge is 0.356 e. The summed E-state index contributed by atoms with van der Waals surface area (Å²) in [7, 11) is 0. The van der Waals surface area contributed by atoms with Crippen LogP contribution in [-0.4, -0.2) is 36.1 Å². The third kappa shape index (κ3) is 4.00. The third-order valence-electron chi connectivity index (χ3n) is 5.64. The van der Waals surface area contributed by atoms with Crippen molar-refractivity contribution in [2.75, 3.05) is 36.0 Å². The maximum absolute atomic E-state index is 5.02. The Morgan fingerprint density at radius 1 is 0.846 bits per heavy atom. The smallest absolute Gasteiger partial charge is 0.227 e. The molecule has 4 heteroatoms. The molecule has 0 spiro atoms. The molecule has 0 aliphatic carbocycles. The van der Waals surface area contributed by atoms with E-state index in [0.29, 0.717) is 0 Å². The molecule has 0 N–H and O–H groups in total. The molecule has 138 valence electrons. The molecule has 1 aromatic heterocycles. The summed E-state index contributed by atoms with van der Waals surface area (Å²) in [4.78, 5) is 14.9. The Hall–Kier alpha value is -2.10. The van der Waals surface area contributed by atoms with E-state index >= 15 is 0 Å². The van der Waals surface area contributed by atoms with Gasteiger partial charge < -0.3 is 9.80 Å². The summed E-state index contributed by atoms with van der Waals surface area (Å²) in [6.45, 7) is 6.71. The number of nitrogens with zero attached hydrogens (tertiary/aromatic N) is 4. The van der Waals surface area contributed by atoms with Crippen molar-refractivity contribution < 1.29 is 0 Å². The number of anilines is 2. The van der Waals surface area contributed by atoms with E-state index < -0.39 is 0 Å². The van der Waals surface area contributed by atoms with Crippen LogP contribution in [0.3, 0.4) is 0 Å². The molecule has 26 heavy (non-hydrogen) atoms. The van der Waals surface area contributed by atoms with Crippen molar-refractivity contribution in [1.82, 2.24) is 9.97 Å². The maximum atomic E-state index is 5.02. The molecule has 2 fully saturated rings. The van der Waals surface area contributed by atoms with Crippen LogP contribution in [0.2, 0.25) is 0 Å².